The number of hydrogen-bond acceptors (Lipinski definition) is 5. The predicted molar refractivity (Wildman–Crippen MR) is 136 cm³/mol. The highest BCUT2D eigenvalue weighted by molar-refractivity contribution is 7.89. The largest absolute Gasteiger partial charge is 0.336 e. The standard InChI is InChI=1S/C26H32N4O4S/c1-3-4-7-17-30-25(31)23-10-6-5-9-22(23)24(27-30)26(32)28-15-8-16-29(19-18-28)35(33,34)21-13-11-20(2)12-14-21/h5-6,9-14H,3-4,7-8,15-19H2,1-2H3. The lowest BCUT2D eigenvalue weighted by atomic mass is 10.1. The maximum absolute atomic E-state index is 13.6. The number of sulfonamides is 1. The van der Waals surface area contributed by atoms with E-state index in [-0.39, 0.29) is 35.1 Å². The van der Waals surface area contributed by atoms with Crippen LogP contribution in [0.1, 0.15) is 48.7 Å². The molecule has 186 valence electrons. The summed E-state index contributed by atoms with van der Waals surface area (Å²) in [6.45, 7) is 5.68. The SMILES string of the molecule is CCCCCn1nc(C(=O)N2CCCN(S(=O)(=O)c3ccc(C)cc3)CC2)c2ccccc2c1=O. The van der Waals surface area contributed by atoms with E-state index < -0.39 is 10.0 Å². The number of rotatable bonds is 7. The smallest absolute Gasteiger partial charge is 0.274 e. The van der Waals surface area contributed by atoms with Crippen molar-refractivity contribution in [1.29, 1.82) is 0 Å². The van der Waals surface area contributed by atoms with Gasteiger partial charge in [0.1, 0.15) is 0 Å². The highest BCUT2D eigenvalue weighted by Gasteiger charge is 2.30. The first-order valence-corrected chi connectivity index (χ1v) is 13.6. The Labute approximate surface area is 206 Å². The molecule has 0 unspecified atom stereocenters. The Balaban J connectivity index is 1.59. The van der Waals surface area contributed by atoms with Crippen LogP contribution < -0.4 is 5.56 Å². The molecular formula is C26H32N4O4S. The van der Waals surface area contributed by atoms with E-state index in [1.165, 1.54) is 8.99 Å². The van der Waals surface area contributed by atoms with E-state index in [2.05, 4.69) is 12.0 Å². The number of hydrogen-bond donors (Lipinski definition) is 0. The molecule has 1 aliphatic rings. The minimum atomic E-state index is -3.64. The number of carbonyl (C=O) groups is 1. The number of carbonyl (C=O) groups excluding carboxylic acids is 1. The van der Waals surface area contributed by atoms with Crippen LogP contribution in [0.2, 0.25) is 0 Å². The molecular weight excluding hydrogens is 464 g/mol. The van der Waals surface area contributed by atoms with Crippen molar-refractivity contribution in [1.82, 2.24) is 19.0 Å². The Morgan fingerprint density at radius 1 is 0.943 bits per heavy atom. The minimum absolute atomic E-state index is 0.195. The van der Waals surface area contributed by atoms with Gasteiger partial charge in [0.05, 0.1) is 10.3 Å². The van der Waals surface area contributed by atoms with Crippen molar-refractivity contribution < 1.29 is 13.2 Å². The summed E-state index contributed by atoms with van der Waals surface area (Å²) in [5, 5.41) is 5.49. The van der Waals surface area contributed by atoms with Crippen LogP contribution in [0.4, 0.5) is 0 Å². The summed E-state index contributed by atoms with van der Waals surface area (Å²) in [6, 6.07) is 13.9. The molecule has 0 atom stereocenters. The molecule has 0 spiro atoms. The zero-order valence-corrected chi connectivity index (χ0v) is 21.1. The third-order valence-corrected chi connectivity index (χ3v) is 8.36. The van der Waals surface area contributed by atoms with E-state index in [9.17, 15) is 18.0 Å². The summed E-state index contributed by atoms with van der Waals surface area (Å²) in [5.74, 6) is -0.278. The quantitative estimate of drug-likeness (QED) is 0.467. The Morgan fingerprint density at radius 3 is 2.37 bits per heavy atom. The fraction of sp³-hybridized carbons (Fsp3) is 0.423. The number of unbranched alkanes of at least 4 members (excludes halogenated alkanes) is 2. The van der Waals surface area contributed by atoms with E-state index in [1.807, 2.05) is 6.92 Å². The molecule has 2 aromatic carbocycles. The van der Waals surface area contributed by atoms with Crippen LogP contribution >= 0.6 is 0 Å². The van der Waals surface area contributed by atoms with Gasteiger partial charge >= 0.3 is 0 Å². The van der Waals surface area contributed by atoms with Gasteiger partial charge in [0.2, 0.25) is 10.0 Å². The fourth-order valence-electron chi connectivity index (χ4n) is 4.40. The van der Waals surface area contributed by atoms with Gasteiger partial charge in [-0.1, -0.05) is 55.7 Å². The van der Waals surface area contributed by atoms with E-state index in [0.717, 1.165) is 24.8 Å². The van der Waals surface area contributed by atoms with Gasteiger partial charge in [-0.3, -0.25) is 9.59 Å². The molecule has 9 heteroatoms. The van der Waals surface area contributed by atoms with Crippen molar-refractivity contribution >= 4 is 26.7 Å². The third-order valence-electron chi connectivity index (χ3n) is 6.44. The summed E-state index contributed by atoms with van der Waals surface area (Å²) < 4.78 is 29.2. The second kappa shape index (κ2) is 10.7. The van der Waals surface area contributed by atoms with Crippen molar-refractivity contribution in [2.45, 2.75) is 51.0 Å². The molecule has 4 rings (SSSR count). The van der Waals surface area contributed by atoms with E-state index >= 15 is 0 Å². The third kappa shape index (κ3) is 5.31. The number of aryl methyl sites for hydroxylation is 2. The van der Waals surface area contributed by atoms with Gasteiger partial charge in [0, 0.05) is 38.1 Å². The van der Waals surface area contributed by atoms with E-state index in [1.54, 1.807) is 53.4 Å². The molecule has 1 aliphatic heterocycles. The number of fused-ring (bicyclic) bond motifs is 1. The minimum Gasteiger partial charge on any atom is -0.336 e. The van der Waals surface area contributed by atoms with Gasteiger partial charge in [-0.05, 0) is 38.0 Å². The molecule has 35 heavy (non-hydrogen) atoms. The van der Waals surface area contributed by atoms with Gasteiger partial charge in [-0.15, -0.1) is 0 Å². The zero-order chi connectivity index (χ0) is 25.0. The molecule has 1 amide bonds. The van der Waals surface area contributed by atoms with Gasteiger partial charge in [-0.25, -0.2) is 13.1 Å². The molecule has 1 fully saturated rings. The summed E-state index contributed by atoms with van der Waals surface area (Å²) in [4.78, 5) is 28.5. The zero-order valence-electron chi connectivity index (χ0n) is 20.3. The van der Waals surface area contributed by atoms with Gasteiger partial charge in [0.25, 0.3) is 11.5 Å². The first kappa shape index (κ1) is 25.1. The molecule has 0 saturated carbocycles. The van der Waals surface area contributed by atoms with Crippen LogP contribution in [-0.4, -0.2) is 59.5 Å². The van der Waals surface area contributed by atoms with E-state index in [0.29, 0.717) is 36.8 Å². The van der Waals surface area contributed by atoms with Crippen LogP contribution in [0, 0.1) is 6.92 Å². The molecule has 0 bridgehead atoms. The highest BCUT2D eigenvalue weighted by atomic mass is 32.2. The molecule has 1 saturated heterocycles. The maximum atomic E-state index is 13.6. The molecule has 0 aliphatic carbocycles. The number of amides is 1. The number of benzene rings is 2. The van der Waals surface area contributed by atoms with Crippen LogP contribution in [0.25, 0.3) is 10.8 Å². The molecule has 2 heterocycles. The Morgan fingerprint density at radius 2 is 1.66 bits per heavy atom. The Bertz CT molecular complexity index is 1370. The average Bonchev–Trinajstić information content (AvgIpc) is 3.12. The summed E-state index contributed by atoms with van der Waals surface area (Å²) >= 11 is 0. The normalized spacial score (nSPS) is 15.3. The van der Waals surface area contributed by atoms with Crippen molar-refractivity contribution in [3.63, 3.8) is 0 Å². The second-order valence-electron chi connectivity index (χ2n) is 8.99. The fourth-order valence-corrected chi connectivity index (χ4v) is 5.87. The predicted octanol–water partition coefficient (Wildman–Crippen LogP) is 3.43. The summed E-state index contributed by atoms with van der Waals surface area (Å²) in [6.07, 6.45) is 3.32. The van der Waals surface area contributed by atoms with Gasteiger partial charge in [-0.2, -0.15) is 9.40 Å². The lowest BCUT2D eigenvalue weighted by Crippen LogP contribution is -2.38. The second-order valence-corrected chi connectivity index (χ2v) is 10.9. The monoisotopic (exact) mass is 496 g/mol. The number of aromatic nitrogens is 2. The Hall–Kier alpha value is -3.04. The van der Waals surface area contributed by atoms with Crippen LogP contribution in [0.3, 0.4) is 0 Å². The molecule has 1 aromatic heterocycles. The number of nitrogens with zero attached hydrogens (tertiary/aromatic N) is 4. The first-order valence-electron chi connectivity index (χ1n) is 12.2. The highest BCUT2D eigenvalue weighted by Crippen LogP contribution is 2.20. The van der Waals surface area contributed by atoms with Gasteiger partial charge < -0.3 is 4.90 Å². The Kier molecular flexibility index (Phi) is 7.66. The van der Waals surface area contributed by atoms with Crippen molar-refractivity contribution in [3.8, 4) is 0 Å². The van der Waals surface area contributed by atoms with Crippen LogP contribution in [0.15, 0.2) is 58.2 Å². The topological polar surface area (TPSA) is 92.6 Å². The maximum Gasteiger partial charge on any atom is 0.274 e. The van der Waals surface area contributed by atoms with Gasteiger partial charge in [0.15, 0.2) is 5.69 Å². The van der Waals surface area contributed by atoms with Crippen LogP contribution in [-0.2, 0) is 16.6 Å². The average molecular weight is 497 g/mol. The van der Waals surface area contributed by atoms with Crippen molar-refractivity contribution in [3.05, 3.63) is 70.1 Å². The van der Waals surface area contributed by atoms with Crippen molar-refractivity contribution in [2.75, 3.05) is 26.2 Å². The molecule has 0 radical (unpaired) electrons. The first-order chi connectivity index (χ1) is 16.8. The van der Waals surface area contributed by atoms with Crippen LogP contribution in [0.5, 0.6) is 0 Å². The molecule has 3 aromatic rings. The molecule has 0 N–H and O–H groups in total. The lowest BCUT2D eigenvalue weighted by Gasteiger charge is -2.22. The molecule has 8 nitrogen and oxygen atoms in total. The lowest BCUT2D eigenvalue weighted by molar-refractivity contribution is 0.0757. The summed E-state index contributed by atoms with van der Waals surface area (Å²) in [5.41, 5.74) is 1.04. The van der Waals surface area contributed by atoms with Crippen molar-refractivity contribution in [2.24, 2.45) is 0 Å². The van der Waals surface area contributed by atoms with E-state index in [4.69, 9.17) is 0 Å². The summed E-state index contributed by atoms with van der Waals surface area (Å²) in [7, 11) is -3.64.